The number of nitrogens with one attached hydrogen (secondary N) is 2. The van der Waals surface area contributed by atoms with E-state index < -0.39 is 9.84 Å². The molecule has 5 nitrogen and oxygen atoms in total. The maximum atomic E-state index is 13.8. The number of sulfone groups is 1. The Morgan fingerprint density at radius 3 is 2.43 bits per heavy atom. The van der Waals surface area contributed by atoms with Gasteiger partial charge in [0.2, 0.25) is 0 Å². The molecule has 2 aromatic carbocycles. The third-order valence-corrected chi connectivity index (χ3v) is 5.54. The van der Waals surface area contributed by atoms with Crippen LogP contribution in [0.1, 0.15) is 36.6 Å². The van der Waals surface area contributed by atoms with Crippen molar-refractivity contribution in [2.75, 3.05) is 19.3 Å². The van der Waals surface area contributed by atoms with Crippen LogP contribution in [0.15, 0.2) is 52.4 Å². The molecule has 2 aromatic rings. The van der Waals surface area contributed by atoms with Crippen molar-refractivity contribution >= 4 is 15.8 Å². The Kier molecular flexibility index (Phi) is 7.57. The first-order valence-corrected chi connectivity index (χ1v) is 11.2. The average Bonchev–Trinajstić information content (AvgIpc) is 2.63. The number of hydrogen-bond donors (Lipinski definition) is 2. The van der Waals surface area contributed by atoms with E-state index in [-0.39, 0.29) is 11.9 Å². The largest absolute Gasteiger partial charge is 0.357 e. The van der Waals surface area contributed by atoms with Crippen molar-refractivity contribution in [1.29, 1.82) is 0 Å². The third-order valence-electron chi connectivity index (χ3n) is 4.42. The molecule has 2 N–H and O–H groups in total. The van der Waals surface area contributed by atoms with E-state index in [1.54, 1.807) is 31.2 Å². The maximum Gasteiger partial charge on any atom is 0.191 e. The topological polar surface area (TPSA) is 70.6 Å². The summed E-state index contributed by atoms with van der Waals surface area (Å²) in [5.74, 6) is 0.439. The van der Waals surface area contributed by atoms with E-state index in [2.05, 4.69) is 15.6 Å². The smallest absolute Gasteiger partial charge is 0.191 e. The molecule has 0 bridgehead atoms. The Labute approximate surface area is 167 Å². The number of aliphatic imine (C=N–C) groups is 1. The lowest BCUT2D eigenvalue weighted by Crippen LogP contribution is -2.38. The molecular formula is C21H28FN3O2S. The summed E-state index contributed by atoms with van der Waals surface area (Å²) in [4.78, 5) is 4.88. The van der Waals surface area contributed by atoms with Crippen molar-refractivity contribution in [2.24, 2.45) is 4.99 Å². The zero-order valence-electron chi connectivity index (χ0n) is 16.8. The molecule has 0 amide bonds. The molecule has 0 fully saturated rings. The van der Waals surface area contributed by atoms with E-state index in [1.807, 2.05) is 32.0 Å². The molecule has 0 radical (unpaired) electrons. The van der Waals surface area contributed by atoms with Gasteiger partial charge in [0.1, 0.15) is 5.82 Å². The second-order valence-electron chi connectivity index (χ2n) is 6.80. The second kappa shape index (κ2) is 9.68. The zero-order chi connectivity index (χ0) is 20.7. The monoisotopic (exact) mass is 405 g/mol. The van der Waals surface area contributed by atoms with Crippen molar-refractivity contribution in [3.05, 3.63) is 65.0 Å². The minimum Gasteiger partial charge on any atom is -0.357 e. The number of nitrogens with zero attached hydrogens (tertiary/aromatic N) is 1. The molecule has 152 valence electrons. The lowest BCUT2D eigenvalue weighted by Gasteiger charge is -2.18. The Morgan fingerprint density at radius 2 is 1.86 bits per heavy atom. The van der Waals surface area contributed by atoms with Crippen molar-refractivity contribution in [3.8, 4) is 0 Å². The van der Waals surface area contributed by atoms with Gasteiger partial charge in [-0.1, -0.05) is 24.3 Å². The van der Waals surface area contributed by atoms with Gasteiger partial charge in [0.25, 0.3) is 0 Å². The summed E-state index contributed by atoms with van der Waals surface area (Å²) in [5.41, 5.74) is 2.49. The second-order valence-corrected chi connectivity index (χ2v) is 8.82. The number of hydrogen-bond acceptors (Lipinski definition) is 3. The lowest BCUT2D eigenvalue weighted by atomic mass is 10.1. The molecule has 0 spiro atoms. The summed E-state index contributed by atoms with van der Waals surface area (Å²) >= 11 is 0. The molecule has 1 unspecified atom stereocenters. The van der Waals surface area contributed by atoms with E-state index in [0.717, 1.165) is 11.1 Å². The van der Waals surface area contributed by atoms with Gasteiger partial charge in [-0.2, -0.15) is 0 Å². The molecule has 2 rings (SSSR count). The summed E-state index contributed by atoms with van der Waals surface area (Å²) in [5, 5.41) is 6.48. The van der Waals surface area contributed by atoms with Crippen molar-refractivity contribution in [2.45, 2.75) is 38.1 Å². The molecule has 0 heterocycles. The quantitative estimate of drug-likeness (QED) is 0.547. The van der Waals surface area contributed by atoms with Crippen LogP contribution in [0.4, 0.5) is 4.39 Å². The fourth-order valence-corrected chi connectivity index (χ4v) is 3.32. The number of aryl methyl sites for hydroxylation is 1. The summed E-state index contributed by atoms with van der Waals surface area (Å²) in [7, 11) is -3.18. The first kappa shape index (κ1) is 21.9. The van der Waals surface area contributed by atoms with Crippen LogP contribution in [0, 0.1) is 12.7 Å². The van der Waals surface area contributed by atoms with Crippen LogP contribution in [0.5, 0.6) is 0 Å². The van der Waals surface area contributed by atoms with Crippen LogP contribution in [0.2, 0.25) is 0 Å². The van der Waals surface area contributed by atoms with Crippen LogP contribution in [0.25, 0.3) is 0 Å². The fourth-order valence-electron chi connectivity index (χ4n) is 2.69. The van der Waals surface area contributed by atoms with Gasteiger partial charge in [-0.15, -0.1) is 0 Å². The maximum absolute atomic E-state index is 13.8. The van der Waals surface area contributed by atoms with Gasteiger partial charge in [0.05, 0.1) is 10.9 Å². The van der Waals surface area contributed by atoms with E-state index in [1.165, 1.54) is 6.26 Å². The Morgan fingerprint density at radius 1 is 1.18 bits per heavy atom. The van der Waals surface area contributed by atoms with Crippen molar-refractivity contribution in [1.82, 2.24) is 10.6 Å². The summed E-state index contributed by atoms with van der Waals surface area (Å²) in [6, 6.07) is 12.0. The molecule has 1 atom stereocenters. The fraction of sp³-hybridized carbons (Fsp3) is 0.381. The van der Waals surface area contributed by atoms with Crippen molar-refractivity contribution < 1.29 is 12.8 Å². The normalized spacial score (nSPS) is 13.2. The van der Waals surface area contributed by atoms with Gasteiger partial charge < -0.3 is 10.6 Å². The molecule has 28 heavy (non-hydrogen) atoms. The molecule has 0 saturated heterocycles. The number of halogens is 1. The van der Waals surface area contributed by atoms with Crippen LogP contribution < -0.4 is 10.6 Å². The lowest BCUT2D eigenvalue weighted by molar-refractivity contribution is 0.602. The molecule has 0 saturated carbocycles. The standard InChI is InChI=1S/C21H28FN3O2S/c1-5-23-21(25-16(3)18-9-6-15(2)20(22)14-18)24-13-12-17-7-10-19(11-8-17)28(4,26)27/h6-11,14,16H,5,12-13H2,1-4H3,(H2,23,24,25). The van der Waals surface area contributed by atoms with Gasteiger partial charge in [-0.05, 0) is 62.1 Å². The summed E-state index contributed by atoms with van der Waals surface area (Å²) in [6.07, 6.45) is 1.88. The Balaban J connectivity index is 2.00. The average molecular weight is 406 g/mol. The van der Waals surface area contributed by atoms with Crippen LogP contribution in [-0.4, -0.2) is 33.7 Å². The van der Waals surface area contributed by atoms with Gasteiger partial charge in [-0.25, -0.2) is 12.8 Å². The predicted molar refractivity (Wildman–Crippen MR) is 112 cm³/mol. The SMILES string of the molecule is CCNC(=NCCc1ccc(S(C)(=O)=O)cc1)NC(C)c1ccc(C)c(F)c1. The molecule has 0 aliphatic heterocycles. The van der Waals surface area contributed by atoms with Gasteiger partial charge in [0.15, 0.2) is 15.8 Å². The van der Waals surface area contributed by atoms with E-state index >= 15 is 0 Å². The third kappa shape index (κ3) is 6.34. The van der Waals surface area contributed by atoms with E-state index in [0.29, 0.717) is 35.9 Å². The van der Waals surface area contributed by atoms with Gasteiger partial charge >= 0.3 is 0 Å². The Bertz CT molecular complexity index is 925. The number of rotatable bonds is 7. The van der Waals surface area contributed by atoms with Crippen molar-refractivity contribution in [3.63, 3.8) is 0 Å². The van der Waals surface area contributed by atoms with Gasteiger partial charge in [-0.3, -0.25) is 4.99 Å². The van der Waals surface area contributed by atoms with Crippen LogP contribution >= 0.6 is 0 Å². The van der Waals surface area contributed by atoms with Crippen LogP contribution in [-0.2, 0) is 16.3 Å². The number of guanidine groups is 1. The highest BCUT2D eigenvalue weighted by atomic mass is 32.2. The predicted octanol–water partition coefficient (Wildman–Crippen LogP) is 3.40. The number of benzene rings is 2. The molecule has 0 aromatic heterocycles. The minimum absolute atomic E-state index is 0.0954. The summed E-state index contributed by atoms with van der Waals surface area (Å²) in [6.45, 7) is 6.94. The molecule has 0 aliphatic rings. The van der Waals surface area contributed by atoms with E-state index in [9.17, 15) is 12.8 Å². The molecule has 0 aliphatic carbocycles. The first-order chi connectivity index (χ1) is 13.2. The highest BCUT2D eigenvalue weighted by Gasteiger charge is 2.10. The van der Waals surface area contributed by atoms with E-state index in [4.69, 9.17) is 0 Å². The first-order valence-electron chi connectivity index (χ1n) is 9.30. The minimum atomic E-state index is -3.18. The summed E-state index contributed by atoms with van der Waals surface area (Å²) < 4.78 is 36.8. The highest BCUT2D eigenvalue weighted by molar-refractivity contribution is 7.90. The highest BCUT2D eigenvalue weighted by Crippen LogP contribution is 2.16. The molecular weight excluding hydrogens is 377 g/mol. The van der Waals surface area contributed by atoms with Crippen LogP contribution in [0.3, 0.4) is 0 Å². The zero-order valence-corrected chi connectivity index (χ0v) is 17.6. The molecule has 7 heteroatoms. The Hall–Kier alpha value is -2.41. The van der Waals surface area contributed by atoms with Gasteiger partial charge in [0, 0.05) is 19.3 Å².